The summed E-state index contributed by atoms with van der Waals surface area (Å²) in [6, 6.07) is 23.6. The summed E-state index contributed by atoms with van der Waals surface area (Å²) in [5.74, 6) is 0.118. The number of aromatic nitrogens is 2. The lowest BCUT2D eigenvalue weighted by atomic mass is 9.84. The number of amides is 2. The van der Waals surface area contributed by atoms with Crippen LogP contribution in [0, 0.1) is 5.41 Å². The number of carbonyl (C=O) groups is 3. The van der Waals surface area contributed by atoms with Gasteiger partial charge in [0.1, 0.15) is 24.0 Å². The Morgan fingerprint density at radius 2 is 1.47 bits per heavy atom. The largest absolute Gasteiger partial charge is 0.543 e. The predicted octanol–water partition coefficient (Wildman–Crippen LogP) is 12.3. The van der Waals surface area contributed by atoms with Crippen molar-refractivity contribution in [1.29, 1.82) is 0 Å². The second-order valence-corrected chi connectivity index (χ2v) is 27.9. The molecular formula is C59H83N5O9Si. The Labute approximate surface area is 441 Å². The number of piperazine rings is 1. The highest BCUT2D eigenvalue weighted by atomic mass is 28.4. The van der Waals surface area contributed by atoms with Gasteiger partial charge in [-0.1, -0.05) is 97.9 Å². The molecule has 15 heteroatoms. The van der Waals surface area contributed by atoms with Crippen LogP contribution >= 0.6 is 0 Å². The molecule has 0 saturated carbocycles. The van der Waals surface area contributed by atoms with Gasteiger partial charge in [-0.05, 0) is 121 Å². The minimum Gasteiger partial charge on any atom is -0.543 e. The van der Waals surface area contributed by atoms with E-state index in [1.165, 1.54) is 7.11 Å². The van der Waals surface area contributed by atoms with Crippen LogP contribution in [0.4, 0.5) is 15.3 Å². The molecule has 2 aromatic heterocycles. The van der Waals surface area contributed by atoms with E-state index in [1.54, 1.807) is 32.8 Å². The highest BCUT2D eigenvalue weighted by Gasteiger charge is 2.47. The maximum Gasteiger partial charge on any atom is 0.410 e. The molecule has 0 aliphatic carbocycles. The standard InChI is InChI=1S/C59H83N5O9Si/c1-16-64-52-23-22-44(45-28-43(30-51(55(66)70-15)61-56(67)72-58(9,10)11)29-47(31-45)73-74(38(2)3,39(4)5)40(6)7)32-48(52)50(34-59(12,13)37-65)54(64)49-33-46(35-60-53(49)41(8)69-14)62-24-26-63(27-25-62)57(68)71-36-42-20-18-17-19-21-42/h17-23,28-29,31-33,35,38-41,51,65H,16,24-27,30,34,36-37H2,1-15H3,(H,61,67)/t41-,51-/m0/s1. The van der Waals surface area contributed by atoms with Gasteiger partial charge in [-0.25, -0.2) is 14.4 Å². The summed E-state index contributed by atoms with van der Waals surface area (Å²) in [5, 5.41) is 14.7. The number of hydrogen-bond donors (Lipinski definition) is 2. The number of alkyl carbamates (subject to hydrolysis) is 1. The minimum atomic E-state index is -2.48. The van der Waals surface area contributed by atoms with Crippen LogP contribution in [0.2, 0.25) is 16.6 Å². The van der Waals surface area contributed by atoms with Crippen molar-refractivity contribution in [2.24, 2.45) is 5.41 Å². The van der Waals surface area contributed by atoms with Gasteiger partial charge in [-0.3, -0.25) is 4.98 Å². The van der Waals surface area contributed by atoms with E-state index in [0.29, 0.717) is 61.5 Å². The molecule has 1 aliphatic rings. The maximum atomic E-state index is 13.4. The molecule has 402 valence electrons. The van der Waals surface area contributed by atoms with Gasteiger partial charge in [0.05, 0.1) is 36.5 Å². The molecule has 74 heavy (non-hydrogen) atoms. The predicted molar refractivity (Wildman–Crippen MR) is 297 cm³/mol. The number of pyridine rings is 1. The minimum absolute atomic E-state index is 0.0305. The normalized spacial score (nSPS) is 14.4. The van der Waals surface area contributed by atoms with E-state index in [-0.39, 0.29) is 31.8 Å². The van der Waals surface area contributed by atoms with Crippen LogP contribution in [-0.2, 0) is 49.7 Å². The molecule has 0 spiro atoms. The van der Waals surface area contributed by atoms with Gasteiger partial charge in [0, 0.05) is 69.3 Å². The summed E-state index contributed by atoms with van der Waals surface area (Å²) >= 11 is 0. The van der Waals surface area contributed by atoms with Crippen LogP contribution < -0.4 is 14.6 Å². The van der Waals surface area contributed by atoms with E-state index >= 15 is 0 Å². The van der Waals surface area contributed by atoms with Crippen LogP contribution in [0.15, 0.2) is 79.0 Å². The molecule has 1 aliphatic heterocycles. The number of rotatable bonds is 20. The lowest BCUT2D eigenvalue weighted by molar-refractivity contribution is -0.143. The molecule has 14 nitrogen and oxygen atoms in total. The number of hydrogen-bond acceptors (Lipinski definition) is 11. The molecule has 2 N–H and O–H groups in total. The van der Waals surface area contributed by atoms with E-state index in [9.17, 15) is 19.5 Å². The van der Waals surface area contributed by atoms with Gasteiger partial charge in [0.15, 0.2) is 0 Å². The Morgan fingerprint density at radius 1 is 0.811 bits per heavy atom. The van der Waals surface area contributed by atoms with Gasteiger partial charge < -0.3 is 48.2 Å². The van der Waals surface area contributed by atoms with Crippen molar-refractivity contribution in [1.82, 2.24) is 19.8 Å². The second kappa shape index (κ2) is 24.2. The Bertz CT molecular complexity index is 2700. The van der Waals surface area contributed by atoms with Crippen LogP contribution in [0.5, 0.6) is 5.75 Å². The van der Waals surface area contributed by atoms with Crippen molar-refractivity contribution in [2.45, 2.75) is 150 Å². The Balaban J connectivity index is 1.49. The maximum absolute atomic E-state index is 13.4. The number of anilines is 1. The summed E-state index contributed by atoms with van der Waals surface area (Å²) in [7, 11) is 0.530. The Morgan fingerprint density at radius 3 is 2.05 bits per heavy atom. The fraction of sp³-hybridized carbons (Fsp3) is 0.525. The number of aliphatic hydroxyl groups is 1. The van der Waals surface area contributed by atoms with E-state index in [0.717, 1.165) is 61.4 Å². The Hall–Kier alpha value is -5.90. The van der Waals surface area contributed by atoms with Gasteiger partial charge in [0.25, 0.3) is 8.32 Å². The summed E-state index contributed by atoms with van der Waals surface area (Å²) in [5.41, 5.74) is 8.94. The summed E-state index contributed by atoms with van der Waals surface area (Å²) in [6.45, 7) is 30.2. The Kier molecular flexibility index (Phi) is 18.8. The van der Waals surface area contributed by atoms with Crippen LogP contribution in [0.3, 0.4) is 0 Å². The molecule has 0 unspecified atom stereocenters. The monoisotopic (exact) mass is 1030 g/mol. The average molecular weight is 1030 g/mol. The zero-order valence-electron chi connectivity index (χ0n) is 46.8. The zero-order valence-corrected chi connectivity index (χ0v) is 47.8. The third kappa shape index (κ3) is 13.3. The number of nitrogens with zero attached hydrogens (tertiary/aromatic N) is 4. The first kappa shape index (κ1) is 57.4. The lowest BCUT2D eigenvalue weighted by Gasteiger charge is -2.42. The quantitative estimate of drug-likeness (QED) is 0.0435. The first-order chi connectivity index (χ1) is 34.9. The molecule has 3 aromatic carbocycles. The fourth-order valence-electron chi connectivity index (χ4n) is 10.8. The van der Waals surface area contributed by atoms with E-state index < -0.39 is 37.4 Å². The van der Waals surface area contributed by atoms with Gasteiger partial charge in [-0.15, -0.1) is 0 Å². The molecule has 0 radical (unpaired) electrons. The lowest BCUT2D eigenvalue weighted by Crippen LogP contribution is -2.50. The van der Waals surface area contributed by atoms with Gasteiger partial charge in [0.2, 0.25) is 0 Å². The van der Waals surface area contributed by atoms with Crippen molar-refractivity contribution in [3.63, 3.8) is 0 Å². The number of fused-ring (bicyclic) bond motifs is 1. The smallest absolute Gasteiger partial charge is 0.410 e. The van der Waals surface area contributed by atoms with Gasteiger partial charge >= 0.3 is 18.2 Å². The molecule has 0 bridgehead atoms. The third-order valence-corrected chi connectivity index (χ3v) is 20.5. The summed E-state index contributed by atoms with van der Waals surface area (Å²) < 4.78 is 32.2. The third-order valence-electron chi connectivity index (χ3n) is 14.5. The highest BCUT2D eigenvalue weighted by Crippen LogP contribution is 2.46. The van der Waals surface area contributed by atoms with E-state index in [1.807, 2.05) is 49.5 Å². The first-order valence-corrected chi connectivity index (χ1v) is 28.5. The molecule has 3 heterocycles. The number of benzene rings is 3. The van der Waals surface area contributed by atoms with Crippen molar-refractivity contribution in [3.05, 3.63) is 101 Å². The zero-order chi connectivity index (χ0) is 54.3. The van der Waals surface area contributed by atoms with Crippen molar-refractivity contribution in [3.8, 4) is 28.1 Å². The first-order valence-electron chi connectivity index (χ1n) is 26.4. The van der Waals surface area contributed by atoms with Gasteiger partial charge in [-0.2, -0.15) is 0 Å². The number of ether oxygens (including phenoxy) is 4. The number of aryl methyl sites for hydroxylation is 1. The van der Waals surface area contributed by atoms with Crippen molar-refractivity contribution < 1.29 is 42.9 Å². The van der Waals surface area contributed by atoms with Crippen molar-refractivity contribution >= 4 is 43.1 Å². The summed E-state index contributed by atoms with van der Waals surface area (Å²) in [6.07, 6.45) is 1.20. The number of carbonyl (C=O) groups excluding carboxylic acids is 3. The number of nitrogens with one attached hydrogen (secondary N) is 1. The van der Waals surface area contributed by atoms with Crippen LogP contribution in [-0.4, -0.2) is 105 Å². The number of aliphatic hydroxyl groups excluding tert-OH is 1. The van der Waals surface area contributed by atoms with Crippen molar-refractivity contribution in [2.75, 3.05) is 51.9 Å². The number of esters is 1. The fourth-order valence-corrected chi connectivity index (χ4v) is 16.0. The van der Waals surface area contributed by atoms with Crippen LogP contribution in [0.1, 0.15) is 118 Å². The van der Waals surface area contributed by atoms with Crippen LogP contribution in [0.25, 0.3) is 33.3 Å². The molecule has 2 atom stereocenters. The van der Waals surface area contributed by atoms with E-state index in [4.69, 9.17) is 28.4 Å². The second-order valence-electron chi connectivity index (χ2n) is 22.5. The molecular weight excluding hydrogens is 951 g/mol. The topological polar surface area (TPSA) is 154 Å². The molecule has 6 rings (SSSR count). The number of methoxy groups -OCH3 is 2. The summed E-state index contributed by atoms with van der Waals surface area (Å²) in [4.78, 5) is 48.9. The molecule has 1 fully saturated rings. The molecule has 5 aromatic rings. The average Bonchev–Trinajstić information content (AvgIpc) is 3.66. The van der Waals surface area contributed by atoms with E-state index in [2.05, 4.69) is 113 Å². The highest BCUT2D eigenvalue weighted by molar-refractivity contribution is 6.78. The molecule has 2 amide bonds. The SMILES string of the molecule is CCn1c(-c2cc(N3CCN(C(=O)OCc4ccccc4)CC3)cnc2[C@H](C)OC)c(CC(C)(C)CO)c2cc(-c3cc(C[C@H](NC(=O)OC(C)(C)C)C(=O)OC)cc(O[Si](C(C)C)(C(C)C)C(C)C)c3)ccc21. The molecule has 1 saturated heterocycles.